The lowest BCUT2D eigenvalue weighted by atomic mass is 9.80. The van der Waals surface area contributed by atoms with Crippen LogP contribution in [0.15, 0.2) is 39.0 Å². The molecule has 0 unspecified atom stereocenters. The molecular weight excluding hydrogens is 264 g/mol. The van der Waals surface area contributed by atoms with Crippen molar-refractivity contribution >= 4 is 15.9 Å². The van der Waals surface area contributed by atoms with Crippen LogP contribution in [0, 0.1) is 5.41 Å². The van der Waals surface area contributed by atoms with Gasteiger partial charge in [-0.25, -0.2) is 0 Å². The minimum absolute atomic E-state index is 0.125. The number of nitrogens with zero attached hydrogens (tertiary/aromatic N) is 2. The first-order valence-electron chi connectivity index (χ1n) is 5.61. The number of benzene rings is 1. The molecule has 2 nitrogen and oxygen atoms in total. The maximum atomic E-state index is 4.25. The summed E-state index contributed by atoms with van der Waals surface area (Å²) < 4.78 is 1.13. The molecule has 1 aliphatic heterocycles. The van der Waals surface area contributed by atoms with E-state index in [0.717, 1.165) is 17.3 Å². The molecule has 0 saturated carbocycles. The summed E-state index contributed by atoms with van der Waals surface area (Å²) in [6.07, 6.45) is 2.05. The Bertz CT molecular complexity index is 395. The van der Waals surface area contributed by atoms with Crippen molar-refractivity contribution in [2.75, 3.05) is 0 Å². The highest BCUT2D eigenvalue weighted by Crippen LogP contribution is 2.47. The van der Waals surface area contributed by atoms with Gasteiger partial charge in [-0.1, -0.05) is 48.8 Å². The molecule has 0 spiro atoms. The standard InChI is InChI=1S/C13H17BrN2/c1-12(2,3)13(15-16-13)9-8-10-4-6-11(14)7-5-10/h4-7H,8-9H2,1-3H3. The first-order chi connectivity index (χ1) is 7.43. The topological polar surface area (TPSA) is 24.7 Å². The van der Waals surface area contributed by atoms with Crippen LogP contribution < -0.4 is 0 Å². The maximum Gasteiger partial charge on any atom is 0.196 e. The Morgan fingerprint density at radius 1 is 1.12 bits per heavy atom. The maximum absolute atomic E-state index is 4.25. The Balaban J connectivity index is 1.96. The average Bonchev–Trinajstić information content (AvgIpc) is 2.97. The molecule has 1 aliphatic rings. The van der Waals surface area contributed by atoms with Gasteiger partial charge in [0.15, 0.2) is 5.66 Å². The minimum Gasteiger partial charge on any atom is -0.158 e. The highest BCUT2D eigenvalue weighted by molar-refractivity contribution is 9.10. The summed E-state index contributed by atoms with van der Waals surface area (Å²) in [5, 5.41) is 8.51. The van der Waals surface area contributed by atoms with Crippen molar-refractivity contribution in [1.82, 2.24) is 0 Å². The normalized spacial score (nSPS) is 17.5. The molecule has 16 heavy (non-hydrogen) atoms. The molecule has 0 atom stereocenters. The molecule has 86 valence electrons. The zero-order valence-electron chi connectivity index (χ0n) is 10.00. The van der Waals surface area contributed by atoms with Gasteiger partial charge < -0.3 is 0 Å². The van der Waals surface area contributed by atoms with E-state index in [0.29, 0.717) is 0 Å². The fraction of sp³-hybridized carbons (Fsp3) is 0.538. The number of rotatable bonds is 3. The summed E-state index contributed by atoms with van der Waals surface area (Å²) in [4.78, 5) is 0. The second-order valence-electron chi connectivity index (χ2n) is 5.39. The van der Waals surface area contributed by atoms with E-state index >= 15 is 0 Å². The van der Waals surface area contributed by atoms with Crippen LogP contribution in [0.1, 0.15) is 32.8 Å². The fourth-order valence-electron chi connectivity index (χ4n) is 1.81. The van der Waals surface area contributed by atoms with Crippen LogP contribution in [-0.2, 0) is 6.42 Å². The van der Waals surface area contributed by atoms with Gasteiger partial charge in [0.25, 0.3) is 0 Å². The minimum atomic E-state index is -0.125. The van der Waals surface area contributed by atoms with E-state index in [4.69, 9.17) is 0 Å². The van der Waals surface area contributed by atoms with Crippen LogP contribution in [0.4, 0.5) is 0 Å². The molecule has 2 rings (SSSR count). The Morgan fingerprint density at radius 2 is 1.69 bits per heavy atom. The van der Waals surface area contributed by atoms with Crippen molar-refractivity contribution in [3.8, 4) is 0 Å². The fourth-order valence-corrected chi connectivity index (χ4v) is 2.07. The number of halogens is 1. The third-order valence-electron chi connectivity index (χ3n) is 3.22. The third kappa shape index (κ3) is 2.34. The van der Waals surface area contributed by atoms with Gasteiger partial charge in [0.1, 0.15) is 0 Å². The molecule has 0 aliphatic carbocycles. The average molecular weight is 281 g/mol. The van der Waals surface area contributed by atoms with Gasteiger partial charge >= 0.3 is 0 Å². The number of aryl methyl sites for hydroxylation is 1. The van der Waals surface area contributed by atoms with E-state index in [9.17, 15) is 0 Å². The molecule has 1 heterocycles. The molecule has 0 fully saturated rings. The lowest BCUT2D eigenvalue weighted by molar-refractivity contribution is 0.260. The van der Waals surface area contributed by atoms with Crippen LogP contribution in [0.5, 0.6) is 0 Å². The lowest BCUT2D eigenvalue weighted by Crippen LogP contribution is -2.30. The van der Waals surface area contributed by atoms with Gasteiger partial charge in [-0.2, -0.15) is 10.2 Å². The van der Waals surface area contributed by atoms with E-state index < -0.39 is 0 Å². The van der Waals surface area contributed by atoms with Crippen molar-refractivity contribution in [3.63, 3.8) is 0 Å². The second kappa shape index (κ2) is 3.95. The highest BCUT2D eigenvalue weighted by atomic mass is 79.9. The summed E-state index contributed by atoms with van der Waals surface area (Å²) in [5.41, 5.74) is 1.37. The van der Waals surface area contributed by atoms with Gasteiger partial charge in [-0.05, 0) is 24.1 Å². The Labute approximate surface area is 105 Å². The van der Waals surface area contributed by atoms with E-state index in [1.807, 2.05) is 0 Å². The largest absolute Gasteiger partial charge is 0.196 e. The smallest absolute Gasteiger partial charge is 0.158 e. The molecule has 1 aromatic rings. The first kappa shape index (κ1) is 11.8. The molecule has 0 bridgehead atoms. The van der Waals surface area contributed by atoms with E-state index in [-0.39, 0.29) is 11.1 Å². The van der Waals surface area contributed by atoms with Crippen molar-refractivity contribution in [1.29, 1.82) is 0 Å². The number of hydrogen-bond donors (Lipinski definition) is 0. The Kier molecular flexibility index (Phi) is 2.91. The van der Waals surface area contributed by atoms with Crippen LogP contribution in [0.2, 0.25) is 0 Å². The van der Waals surface area contributed by atoms with Crippen LogP contribution in [-0.4, -0.2) is 5.66 Å². The zero-order chi connectivity index (χ0) is 11.8. The Hall–Kier alpha value is -0.700. The van der Waals surface area contributed by atoms with E-state index in [1.165, 1.54) is 5.56 Å². The molecule has 3 heteroatoms. The third-order valence-corrected chi connectivity index (χ3v) is 3.75. The summed E-state index contributed by atoms with van der Waals surface area (Å²) >= 11 is 3.44. The molecule has 0 saturated heterocycles. The van der Waals surface area contributed by atoms with Crippen LogP contribution in [0.25, 0.3) is 0 Å². The zero-order valence-corrected chi connectivity index (χ0v) is 11.6. The van der Waals surface area contributed by atoms with Crippen molar-refractivity contribution in [2.24, 2.45) is 15.6 Å². The van der Waals surface area contributed by atoms with Gasteiger partial charge in [0.05, 0.1) is 0 Å². The SMILES string of the molecule is CC(C)(C)C1(CCc2ccc(Br)cc2)N=N1. The predicted octanol–water partition coefficient (Wildman–Crippen LogP) is 4.59. The quantitative estimate of drug-likeness (QED) is 0.774. The molecule has 0 aromatic heterocycles. The highest BCUT2D eigenvalue weighted by Gasteiger charge is 2.50. The summed E-state index contributed by atoms with van der Waals surface area (Å²) in [5.74, 6) is 0. The summed E-state index contributed by atoms with van der Waals surface area (Å²) in [7, 11) is 0. The van der Waals surface area contributed by atoms with Gasteiger partial charge in [0.2, 0.25) is 0 Å². The molecule has 0 amide bonds. The van der Waals surface area contributed by atoms with Crippen LogP contribution in [0.3, 0.4) is 0 Å². The molecule has 0 N–H and O–H groups in total. The molecular formula is C13H17BrN2. The second-order valence-corrected chi connectivity index (χ2v) is 6.31. The van der Waals surface area contributed by atoms with E-state index in [2.05, 4.69) is 71.2 Å². The van der Waals surface area contributed by atoms with E-state index in [1.54, 1.807) is 0 Å². The van der Waals surface area contributed by atoms with Crippen molar-refractivity contribution in [2.45, 2.75) is 39.3 Å². The van der Waals surface area contributed by atoms with Crippen LogP contribution >= 0.6 is 15.9 Å². The lowest BCUT2D eigenvalue weighted by Gasteiger charge is -2.25. The molecule has 0 radical (unpaired) electrons. The summed E-state index contributed by atoms with van der Waals surface area (Å²) in [6, 6.07) is 8.48. The van der Waals surface area contributed by atoms with Gasteiger partial charge in [-0.15, -0.1) is 0 Å². The number of hydrogen-bond acceptors (Lipinski definition) is 2. The van der Waals surface area contributed by atoms with Gasteiger partial charge in [-0.3, -0.25) is 0 Å². The Morgan fingerprint density at radius 3 is 2.12 bits per heavy atom. The predicted molar refractivity (Wildman–Crippen MR) is 69.5 cm³/mol. The van der Waals surface area contributed by atoms with Crippen molar-refractivity contribution in [3.05, 3.63) is 34.3 Å². The first-order valence-corrected chi connectivity index (χ1v) is 6.41. The summed E-state index contributed by atoms with van der Waals surface area (Å²) in [6.45, 7) is 6.61. The molecule has 1 aromatic carbocycles. The van der Waals surface area contributed by atoms with Crippen molar-refractivity contribution < 1.29 is 0 Å². The van der Waals surface area contributed by atoms with Gasteiger partial charge in [0, 0.05) is 16.3 Å². The monoisotopic (exact) mass is 280 g/mol.